The van der Waals surface area contributed by atoms with Crippen LogP contribution in [0.4, 0.5) is 0 Å². The minimum Gasteiger partial charge on any atom is -0.508 e. The van der Waals surface area contributed by atoms with E-state index in [9.17, 15) is 9.90 Å². The predicted octanol–water partition coefficient (Wildman–Crippen LogP) is 1.92. The highest BCUT2D eigenvalue weighted by molar-refractivity contribution is 7.98. The van der Waals surface area contributed by atoms with Crippen LogP contribution < -0.4 is 0 Å². The van der Waals surface area contributed by atoms with Gasteiger partial charge in [-0.15, -0.1) is 0 Å². The zero-order chi connectivity index (χ0) is 10.6. The standard InChI is InChI=1S/C10H12O3S/c1-14-6-8(10(12)13)7-4-2-3-5-9(7)11/h2-5,8,11H,6H2,1H3,(H,12,13). The molecule has 0 radical (unpaired) electrons. The van der Waals surface area contributed by atoms with E-state index < -0.39 is 11.9 Å². The van der Waals surface area contributed by atoms with Crippen LogP contribution in [0.5, 0.6) is 5.75 Å². The fraction of sp³-hybridized carbons (Fsp3) is 0.300. The molecule has 3 nitrogen and oxygen atoms in total. The highest BCUT2D eigenvalue weighted by Gasteiger charge is 2.21. The zero-order valence-corrected chi connectivity index (χ0v) is 8.62. The number of carboxylic acids is 1. The Labute approximate surface area is 86.8 Å². The largest absolute Gasteiger partial charge is 0.508 e. The van der Waals surface area contributed by atoms with Crippen molar-refractivity contribution in [1.82, 2.24) is 0 Å². The molecule has 0 bridgehead atoms. The quantitative estimate of drug-likeness (QED) is 0.800. The fourth-order valence-electron chi connectivity index (χ4n) is 1.24. The van der Waals surface area contributed by atoms with E-state index in [2.05, 4.69) is 0 Å². The highest BCUT2D eigenvalue weighted by Crippen LogP contribution is 2.27. The van der Waals surface area contributed by atoms with Crippen molar-refractivity contribution in [1.29, 1.82) is 0 Å². The van der Waals surface area contributed by atoms with Crippen molar-refractivity contribution in [2.45, 2.75) is 5.92 Å². The number of para-hydroxylation sites is 1. The smallest absolute Gasteiger partial charge is 0.311 e. The van der Waals surface area contributed by atoms with Crippen molar-refractivity contribution in [2.75, 3.05) is 12.0 Å². The van der Waals surface area contributed by atoms with Gasteiger partial charge in [-0.2, -0.15) is 11.8 Å². The molecule has 1 unspecified atom stereocenters. The first-order valence-electron chi connectivity index (χ1n) is 4.16. The summed E-state index contributed by atoms with van der Waals surface area (Å²) in [6, 6.07) is 6.55. The molecule has 0 aromatic heterocycles. The number of hydrogen-bond acceptors (Lipinski definition) is 3. The summed E-state index contributed by atoms with van der Waals surface area (Å²) < 4.78 is 0. The van der Waals surface area contributed by atoms with Gasteiger partial charge in [0.05, 0.1) is 5.92 Å². The van der Waals surface area contributed by atoms with Crippen LogP contribution in [0, 0.1) is 0 Å². The summed E-state index contributed by atoms with van der Waals surface area (Å²) in [7, 11) is 0. The molecule has 0 aliphatic heterocycles. The molecule has 0 saturated carbocycles. The number of benzene rings is 1. The zero-order valence-electron chi connectivity index (χ0n) is 7.80. The van der Waals surface area contributed by atoms with Gasteiger partial charge in [-0.25, -0.2) is 0 Å². The van der Waals surface area contributed by atoms with E-state index in [-0.39, 0.29) is 5.75 Å². The van der Waals surface area contributed by atoms with E-state index in [0.29, 0.717) is 11.3 Å². The molecule has 0 spiro atoms. The van der Waals surface area contributed by atoms with Gasteiger partial charge in [0.2, 0.25) is 0 Å². The molecular formula is C10H12O3S. The molecule has 0 heterocycles. The van der Waals surface area contributed by atoms with Crippen LogP contribution in [0.3, 0.4) is 0 Å². The average molecular weight is 212 g/mol. The van der Waals surface area contributed by atoms with Crippen molar-refractivity contribution in [3.05, 3.63) is 29.8 Å². The molecule has 1 atom stereocenters. The summed E-state index contributed by atoms with van der Waals surface area (Å²) in [5, 5.41) is 18.4. The van der Waals surface area contributed by atoms with Crippen molar-refractivity contribution in [2.24, 2.45) is 0 Å². The molecular weight excluding hydrogens is 200 g/mol. The molecule has 14 heavy (non-hydrogen) atoms. The van der Waals surface area contributed by atoms with Gasteiger partial charge in [-0.3, -0.25) is 4.79 Å². The van der Waals surface area contributed by atoms with Gasteiger partial charge in [0.15, 0.2) is 0 Å². The molecule has 4 heteroatoms. The van der Waals surface area contributed by atoms with Crippen LogP contribution in [0.25, 0.3) is 0 Å². The SMILES string of the molecule is CSCC(C(=O)O)c1ccccc1O. The molecule has 0 saturated heterocycles. The number of rotatable bonds is 4. The second-order valence-electron chi connectivity index (χ2n) is 2.90. The van der Waals surface area contributed by atoms with Crippen LogP contribution >= 0.6 is 11.8 Å². The van der Waals surface area contributed by atoms with E-state index in [4.69, 9.17) is 5.11 Å². The van der Waals surface area contributed by atoms with Gasteiger partial charge >= 0.3 is 5.97 Å². The van der Waals surface area contributed by atoms with Gasteiger partial charge in [0.1, 0.15) is 5.75 Å². The Bertz CT molecular complexity index is 325. The van der Waals surface area contributed by atoms with Crippen LogP contribution in [-0.4, -0.2) is 28.2 Å². The Morgan fingerprint density at radius 2 is 2.14 bits per heavy atom. The molecule has 1 aromatic rings. The maximum atomic E-state index is 10.9. The number of carbonyl (C=O) groups is 1. The molecule has 0 aliphatic carbocycles. The Balaban J connectivity index is 2.99. The van der Waals surface area contributed by atoms with Crippen LogP contribution in [0.2, 0.25) is 0 Å². The first-order chi connectivity index (χ1) is 6.66. The monoisotopic (exact) mass is 212 g/mol. The highest BCUT2D eigenvalue weighted by atomic mass is 32.2. The minimum absolute atomic E-state index is 0.0500. The fourth-order valence-corrected chi connectivity index (χ4v) is 1.90. The van der Waals surface area contributed by atoms with Crippen LogP contribution in [0.15, 0.2) is 24.3 Å². The lowest BCUT2D eigenvalue weighted by Gasteiger charge is -2.12. The van der Waals surface area contributed by atoms with Crippen LogP contribution in [-0.2, 0) is 4.79 Å². The third kappa shape index (κ3) is 2.42. The lowest BCUT2D eigenvalue weighted by Crippen LogP contribution is -2.14. The van der Waals surface area contributed by atoms with Crippen molar-refractivity contribution in [3.63, 3.8) is 0 Å². The van der Waals surface area contributed by atoms with E-state index in [1.54, 1.807) is 18.2 Å². The minimum atomic E-state index is -0.902. The molecule has 76 valence electrons. The topological polar surface area (TPSA) is 57.5 Å². The summed E-state index contributed by atoms with van der Waals surface area (Å²) in [4.78, 5) is 10.9. The lowest BCUT2D eigenvalue weighted by atomic mass is 10.0. The third-order valence-electron chi connectivity index (χ3n) is 1.94. The first kappa shape index (κ1) is 10.9. The Morgan fingerprint density at radius 1 is 1.50 bits per heavy atom. The summed E-state index contributed by atoms with van der Waals surface area (Å²) in [5.74, 6) is -1.02. The number of aromatic hydroxyl groups is 1. The summed E-state index contributed by atoms with van der Waals surface area (Å²) in [5.41, 5.74) is 0.481. The predicted molar refractivity (Wildman–Crippen MR) is 56.9 cm³/mol. The van der Waals surface area contributed by atoms with E-state index in [0.717, 1.165) is 0 Å². The van der Waals surface area contributed by atoms with Crippen LogP contribution in [0.1, 0.15) is 11.5 Å². The van der Waals surface area contributed by atoms with E-state index in [1.807, 2.05) is 6.26 Å². The molecule has 0 aliphatic rings. The van der Waals surface area contributed by atoms with E-state index in [1.165, 1.54) is 17.8 Å². The van der Waals surface area contributed by atoms with Crippen molar-refractivity contribution in [3.8, 4) is 5.75 Å². The van der Waals surface area contributed by atoms with Gasteiger partial charge in [0, 0.05) is 11.3 Å². The normalized spacial score (nSPS) is 12.4. The third-order valence-corrected chi connectivity index (χ3v) is 2.61. The second kappa shape index (κ2) is 4.91. The number of thioether (sulfide) groups is 1. The van der Waals surface area contributed by atoms with E-state index >= 15 is 0 Å². The Hall–Kier alpha value is -1.16. The second-order valence-corrected chi connectivity index (χ2v) is 3.82. The molecule has 1 rings (SSSR count). The first-order valence-corrected chi connectivity index (χ1v) is 5.56. The number of aliphatic carboxylic acids is 1. The number of carboxylic acid groups (broad SMARTS) is 1. The van der Waals surface area contributed by atoms with Crippen molar-refractivity contribution >= 4 is 17.7 Å². The lowest BCUT2D eigenvalue weighted by molar-refractivity contribution is -0.138. The Morgan fingerprint density at radius 3 is 2.64 bits per heavy atom. The number of hydrogen-bond donors (Lipinski definition) is 2. The molecule has 0 amide bonds. The average Bonchev–Trinajstić information content (AvgIpc) is 2.15. The van der Waals surface area contributed by atoms with Gasteiger partial charge in [-0.05, 0) is 12.3 Å². The number of phenols is 1. The Kier molecular flexibility index (Phi) is 3.83. The summed E-state index contributed by atoms with van der Waals surface area (Å²) in [6.07, 6.45) is 1.84. The van der Waals surface area contributed by atoms with Crippen molar-refractivity contribution < 1.29 is 15.0 Å². The summed E-state index contributed by atoms with van der Waals surface area (Å²) in [6.45, 7) is 0. The molecule has 2 N–H and O–H groups in total. The molecule has 1 aromatic carbocycles. The molecule has 0 fully saturated rings. The summed E-state index contributed by atoms with van der Waals surface area (Å²) >= 11 is 1.45. The van der Waals surface area contributed by atoms with Gasteiger partial charge in [0.25, 0.3) is 0 Å². The van der Waals surface area contributed by atoms with Gasteiger partial charge in [-0.1, -0.05) is 18.2 Å². The number of phenolic OH excluding ortho intramolecular Hbond substituents is 1. The maximum absolute atomic E-state index is 10.9. The van der Waals surface area contributed by atoms with Gasteiger partial charge < -0.3 is 10.2 Å². The maximum Gasteiger partial charge on any atom is 0.311 e.